The number of aromatic nitrogens is 2. The summed E-state index contributed by atoms with van der Waals surface area (Å²) in [6.45, 7) is 2.41. The second kappa shape index (κ2) is 7.13. The first-order valence-electron chi connectivity index (χ1n) is 6.78. The van der Waals surface area contributed by atoms with Gasteiger partial charge in [-0.15, -0.1) is 0 Å². The average molecular weight is 308 g/mol. The molecule has 1 aromatic carbocycles. The number of hydrogen-bond acceptors (Lipinski definition) is 3. The van der Waals surface area contributed by atoms with Crippen LogP contribution in [0.25, 0.3) is 0 Å². The molecule has 112 valence electrons. The zero-order valence-corrected chi connectivity index (χ0v) is 12.8. The molecule has 2 aromatic rings. The Kier molecular flexibility index (Phi) is 5.22. The van der Waals surface area contributed by atoms with E-state index in [4.69, 9.17) is 16.3 Å². The van der Waals surface area contributed by atoms with Crippen LogP contribution in [-0.4, -0.2) is 28.3 Å². The summed E-state index contributed by atoms with van der Waals surface area (Å²) in [5.74, 6) is 0.464. The maximum Gasteiger partial charge on any atom is 0.254 e. The molecular weight excluding hydrogens is 290 g/mol. The molecule has 0 fully saturated rings. The first-order valence-corrected chi connectivity index (χ1v) is 7.16. The second-order valence-electron chi connectivity index (χ2n) is 4.69. The number of benzene rings is 1. The topological polar surface area (TPSA) is 56.2 Å². The van der Waals surface area contributed by atoms with Crippen LogP contribution < -0.4 is 10.1 Å². The lowest BCUT2D eigenvalue weighted by Crippen LogP contribution is -2.34. The minimum atomic E-state index is -0.163. The van der Waals surface area contributed by atoms with Gasteiger partial charge in [-0.3, -0.25) is 9.48 Å². The third-order valence-electron chi connectivity index (χ3n) is 3.04. The van der Waals surface area contributed by atoms with Gasteiger partial charge in [-0.2, -0.15) is 5.10 Å². The number of amides is 1. The Hall–Kier alpha value is -2.01. The zero-order valence-electron chi connectivity index (χ0n) is 12.0. The van der Waals surface area contributed by atoms with E-state index >= 15 is 0 Å². The van der Waals surface area contributed by atoms with Gasteiger partial charge in [-0.05, 0) is 18.6 Å². The molecule has 1 amide bonds. The molecule has 0 bridgehead atoms. The van der Waals surface area contributed by atoms with E-state index in [1.54, 1.807) is 24.0 Å². The number of carbonyl (C=O) groups excluding carboxylic acids is 1. The highest BCUT2D eigenvalue weighted by Gasteiger charge is 2.13. The lowest BCUT2D eigenvalue weighted by molar-refractivity contribution is 0.0926. The SMILES string of the molecule is CC[C@@H](CNC(=O)c1cnn(C)c1)Oc1ccccc1Cl. The Morgan fingerprint density at radius 2 is 2.24 bits per heavy atom. The molecule has 0 spiro atoms. The molecule has 6 heteroatoms. The molecule has 0 saturated carbocycles. The second-order valence-corrected chi connectivity index (χ2v) is 5.10. The van der Waals surface area contributed by atoms with Crippen molar-refractivity contribution in [1.29, 1.82) is 0 Å². The van der Waals surface area contributed by atoms with Crippen molar-refractivity contribution in [1.82, 2.24) is 15.1 Å². The van der Waals surface area contributed by atoms with Gasteiger partial charge in [0.15, 0.2) is 0 Å². The molecular formula is C15H18ClN3O2. The van der Waals surface area contributed by atoms with E-state index in [-0.39, 0.29) is 12.0 Å². The largest absolute Gasteiger partial charge is 0.487 e. The minimum Gasteiger partial charge on any atom is -0.487 e. The van der Waals surface area contributed by atoms with E-state index < -0.39 is 0 Å². The van der Waals surface area contributed by atoms with E-state index in [9.17, 15) is 4.79 Å². The van der Waals surface area contributed by atoms with Crippen LogP contribution in [0.1, 0.15) is 23.7 Å². The van der Waals surface area contributed by atoms with Crippen LogP contribution in [0.2, 0.25) is 5.02 Å². The quantitative estimate of drug-likeness (QED) is 0.892. The Labute approximate surface area is 128 Å². The zero-order chi connectivity index (χ0) is 15.2. The number of hydrogen-bond donors (Lipinski definition) is 1. The fourth-order valence-corrected chi connectivity index (χ4v) is 2.02. The van der Waals surface area contributed by atoms with Gasteiger partial charge in [0.05, 0.1) is 23.3 Å². The van der Waals surface area contributed by atoms with Gasteiger partial charge in [0.25, 0.3) is 5.91 Å². The van der Waals surface area contributed by atoms with Crippen molar-refractivity contribution in [2.24, 2.45) is 7.05 Å². The molecule has 0 aliphatic rings. The molecule has 2 rings (SSSR count). The fourth-order valence-electron chi connectivity index (χ4n) is 1.84. The van der Waals surface area contributed by atoms with Crippen LogP contribution in [0, 0.1) is 0 Å². The van der Waals surface area contributed by atoms with E-state index in [2.05, 4.69) is 10.4 Å². The molecule has 0 unspecified atom stereocenters. The maximum atomic E-state index is 12.0. The minimum absolute atomic E-state index is 0.134. The lowest BCUT2D eigenvalue weighted by atomic mass is 10.2. The number of carbonyl (C=O) groups is 1. The average Bonchev–Trinajstić information content (AvgIpc) is 2.91. The van der Waals surface area contributed by atoms with Crippen molar-refractivity contribution < 1.29 is 9.53 Å². The summed E-state index contributed by atoms with van der Waals surface area (Å²) in [7, 11) is 1.77. The highest BCUT2D eigenvalue weighted by atomic mass is 35.5. The predicted molar refractivity (Wildman–Crippen MR) is 81.7 cm³/mol. The molecule has 0 aliphatic heterocycles. The third kappa shape index (κ3) is 4.23. The molecule has 1 N–H and O–H groups in total. The summed E-state index contributed by atoms with van der Waals surface area (Å²) in [6.07, 6.45) is 3.83. The molecule has 5 nitrogen and oxygen atoms in total. The van der Waals surface area contributed by atoms with Crippen LogP contribution in [-0.2, 0) is 7.05 Å². The van der Waals surface area contributed by atoms with Crippen LogP contribution in [0.15, 0.2) is 36.7 Å². The molecule has 1 atom stereocenters. The molecule has 0 saturated heterocycles. The van der Waals surface area contributed by atoms with Crippen molar-refractivity contribution in [3.63, 3.8) is 0 Å². The number of ether oxygens (including phenoxy) is 1. The standard InChI is InChI=1S/C15H18ClN3O2/c1-3-12(21-14-7-5-4-6-13(14)16)9-17-15(20)11-8-18-19(2)10-11/h4-8,10,12H,3,9H2,1-2H3,(H,17,20)/t12-/m0/s1. The summed E-state index contributed by atoms with van der Waals surface area (Å²) in [6, 6.07) is 7.30. The highest BCUT2D eigenvalue weighted by molar-refractivity contribution is 6.32. The van der Waals surface area contributed by atoms with Crippen molar-refractivity contribution in [2.75, 3.05) is 6.54 Å². The monoisotopic (exact) mass is 307 g/mol. The number of rotatable bonds is 6. The highest BCUT2D eigenvalue weighted by Crippen LogP contribution is 2.24. The van der Waals surface area contributed by atoms with Gasteiger partial charge >= 0.3 is 0 Å². The van der Waals surface area contributed by atoms with Gasteiger partial charge in [0, 0.05) is 13.2 Å². The Balaban J connectivity index is 1.91. The fraction of sp³-hybridized carbons (Fsp3) is 0.333. The van der Waals surface area contributed by atoms with Crippen LogP contribution >= 0.6 is 11.6 Å². The molecule has 1 aromatic heterocycles. The molecule has 1 heterocycles. The summed E-state index contributed by atoms with van der Waals surface area (Å²) >= 11 is 6.06. The van der Waals surface area contributed by atoms with Crippen LogP contribution in [0.3, 0.4) is 0 Å². The van der Waals surface area contributed by atoms with Crippen molar-refractivity contribution >= 4 is 17.5 Å². The first kappa shape index (κ1) is 15.4. The number of para-hydroxylation sites is 1. The van der Waals surface area contributed by atoms with Gasteiger partial charge in [0.1, 0.15) is 11.9 Å². The van der Waals surface area contributed by atoms with Crippen molar-refractivity contribution in [3.05, 3.63) is 47.2 Å². The first-order chi connectivity index (χ1) is 10.1. The molecule has 21 heavy (non-hydrogen) atoms. The lowest BCUT2D eigenvalue weighted by Gasteiger charge is -2.18. The van der Waals surface area contributed by atoms with E-state index in [0.717, 1.165) is 6.42 Å². The normalized spacial score (nSPS) is 12.0. The number of halogens is 1. The maximum absolute atomic E-state index is 12.0. The van der Waals surface area contributed by atoms with Crippen LogP contribution in [0.5, 0.6) is 5.75 Å². The number of nitrogens with zero attached hydrogens (tertiary/aromatic N) is 2. The number of nitrogens with one attached hydrogen (secondary N) is 1. The Morgan fingerprint density at radius 3 is 2.86 bits per heavy atom. The van der Waals surface area contributed by atoms with Gasteiger partial charge < -0.3 is 10.1 Å². The van der Waals surface area contributed by atoms with Crippen LogP contribution in [0.4, 0.5) is 0 Å². The third-order valence-corrected chi connectivity index (χ3v) is 3.36. The predicted octanol–water partition coefficient (Wildman–Crippen LogP) is 2.66. The van der Waals surface area contributed by atoms with Gasteiger partial charge in [-0.25, -0.2) is 0 Å². The van der Waals surface area contributed by atoms with Gasteiger partial charge in [-0.1, -0.05) is 30.7 Å². The van der Waals surface area contributed by atoms with E-state index in [1.807, 2.05) is 25.1 Å². The Bertz CT molecular complexity index is 612. The smallest absolute Gasteiger partial charge is 0.254 e. The molecule has 0 radical (unpaired) electrons. The summed E-state index contributed by atoms with van der Waals surface area (Å²) < 4.78 is 7.41. The summed E-state index contributed by atoms with van der Waals surface area (Å²) in [5.41, 5.74) is 0.532. The van der Waals surface area contributed by atoms with E-state index in [0.29, 0.717) is 22.9 Å². The summed E-state index contributed by atoms with van der Waals surface area (Å²) in [5, 5.41) is 7.38. The summed E-state index contributed by atoms with van der Waals surface area (Å²) in [4.78, 5) is 12.0. The van der Waals surface area contributed by atoms with E-state index in [1.165, 1.54) is 6.20 Å². The van der Waals surface area contributed by atoms with Crippen molar-refractivity contribution in [2.45, 2.75) is 19.4 Å². The number of aryl methyl sites for hydroxylation is 1. The van der Waals surface area contributed by atoms with Crippen molar-refractivity contribution in [3.8, 4) is 5.75 Å². The van der Waals surface area contributed by atoms with Gasteiger partial charge in [0.2, 0.25) is 0 Å². The Morgan fingerprint density at radius 1 is 1.48 bits per heavy atom. The molecule has 0 aliphatic carbocycles.